The van der Waals surface area contributed by atoms with Gasteiger partial charge in [-0.3, -0.25) is 0 Å². The van der Waals surface area contributed by atoms with Gasteiger partial charge >= 0.3 is 18.3 Å². The lowest BCUT2D eigenvalue weighted by atomic mass is 10.00. The van der Waals surface area contributed by atoms with Gasteiger partial charge in [0.2, 0.25) is 0 Å². The topological polar surface area (TPSA) is 84.0 Å². The zero-order chi connectivity index (χ0) is 31.6. The van der Waals surface area contributed by atoms with Crippen LogP contribution in [0.25, 0.3) is 28.7 Å². The second-order valence-corrected chi connectivity index (χ2v) is 9.94. The number of imidazole rings is 1. The molecule has 2 aromatic carbocycles. The second-order valence-electron chi connectivity index (χ2n) is 9.94. The fraction of sp³-hybridized carbons (Fsp3) is 0.267. The number of hydrogen-bond donors (Lipinski definition) is 1. The van der Waals surface area contributed by atoms with Crippen LogP contribution >= 0.6 is 0 Å². The number of hydrogen-bond acceptors (Lipinski definition) is 6. The largest absolute Gasteiger partial charge is 0.464 e. The second kappa shape index (κ2) is 12.1. The number of rotatable bonds is 8. The van der Waals surface area contributed by atoms with E-state index in [1.54, 1.807) is 35.4 Å². The quantitative estimate of drug-likeness (QED) is 0.124. The fourth-order valence-electron chi connectivity index (χ4n) is 4.67. The van der Waals surface area contributed by atoms with Crippen LogP contribution in [0.5, 0.6) is 0 Å². The Hall–Kier alpha value is -4.75. The first-order chi connectivity index (χ1) is 20.9. The molecule has 0 fully saturated rings. The van der Waals surface area contributed by atoms with Crippen LogP contribution in [0.15, 0.2) is 60.8 Å². The summed E-state index contributed by atoms with van der Waals surface area (Å²) in [5.74, 6) is -0.902. The maximum Gasteiger partial charge on any atom is 0.417 e. The summed E-state index contributed by atoms with van der Waals surface area (Å²) in [6.45, 7) is 2.08. The van der Waals surface area contributed by atoms with Gasteiger partial charge in [0.15, 0.2) is 6.04 Å². The number of alkyl halides is 6. The summed E-state index contributed by atoms with van der Waals surface area (Å²) in [4.78, 5) is 22.4. The molecule has 0 bridgehead atoms. The van der Waals surface area contributed by atoms with E-state index in [-0.39, 0.29) is 42.0 Å². The average molecular weight is 620 g/mol. The summed E-state index contributed by atoms with van der Waals surface area (Å²) >= 11 is 0. The highest BCUT2D eigenvalue weighted by molar-refractivity contribution is 5.78. The van der Waals surface area contributed by atoms with Crippen LogP contribution in [-0.4, -0.2) is 37.6 Å². The Kier molecular flexibility index (Phi) is 8.44. The molecule has 1 unspecified atom stereocenters. The number of benzene rings is 2. The number of unbranched alkanes of at least 4 members (excludes halogenated alkanes) is 1. The molecule has 2 aromatic heterocycles. The van der Waals surface area contributed by atoms with Crippen molar-refractivity contribution in [3.63, 3.8) is 0 Å². The van der Waals surface area contributed by atoms with E-state index in [2.05, 4.69) is 20.2 Å². The molecule has 1 aliphatic heterocycles. The average Bonchev–Trinajstić information content (AvgIpc) is 3.40. The third-order valence-corrected chi connectivity index (χ3v) is 6.90. The number of aromatic amines is 1. The summed E-state index contributed by atoms with van der Waals surface area (Å²) < 4.78 is 100. The first kappa shape index (κ1) is 30.7. The molecule has 1 aliphatic rings. The van der Waals surface area contributed by atoms with Gasteiger partial charge in [0.1, 0.15) is 11.6 Å². The van der Waals surface area contributed by atoms with Crippen LogP contribution in [0.1, 0.15) is 54.0 Å². The molecule has 1 atom stereocenters. The lowest BCUT2D eigenvalue weighted by Crippen LogP contribution is -2.33. The smallest absolute Gasteiger partial charge is 0.417 e. The summed E-state index contributed by atoms with van der Waals surface area (Å²) in [5.41, 5.74) is -2.59. The number of aromatic nitrogens is 4. The molecule has 44 heavy (non-hydrogen) atoms. The van der Waals surface area contributed by atoms with Crippen LogP contribution in [0.4, 0.5) is 30.7 Å². The summed E-state index contributed by atoms with van der Waals surface area (Å²) in [5, 5.41) is 7.85. The molecule has 5 rings (SSSR count). The van der Waals surface area contributed by atoms with Crippen LogP contribution in [-0.2, 0) is 28.4 Å². The standard InChI is InChI=1S/C30H24F7N5O2/c1-2-3-14-44-28(43)26(42-13-12-23-25(16-42)39-27(38-23)19-6-4-5-7-21(19)31)24-11-10-22(40-41-24)18-9-8-17(29(32,33)34)15-20(18)30(35,36)37/h4-13,15,26H,2-3,14,16H2,1H3,(H,38,39). The monoisotopic (exact) mass is 619 g/mol. The van der Waals surface area contributed by atoms with Gasteiger partial charge in [0.05, 0.1) is 52.6 Å². The van der Waals surface area contributed by atoms with Gasteiger partial charge in [-0.05, 0) is 48.9 Å². The lowest BCUT2D eigenvalue weighted by molar-refractivity contribution is -0.150. The number of carbonyl (C=O) groups is 1. The van der Waals surface area contributed by atoms with Crippen LogP contribution in [0.2, 0.25) is 0 Å². The predicted octanol–water partition coefficient (Wildman–Crippen LogP) is 7.58. The molecule has 0 spiro atoms. The van der Waals surface area contributed by atoms with Crippen molar-refractivity contribution in [2.24, 2.45) is 0 Å². The van der Waals surface area contributed by atoms with E-state index in [1.165, 1.54) is 12.1 Å². The van der Waals surface area contributed by atoms with Gasteiger partial charge in [-0.1, -0.05) is 31.5 Å². The zero-order valence-electron chi connectivity index (χ0n) is 23.0. The van der Waals surface area contributed by atoms with Crippen molar-refractivity contribution < 1.29 is 40.3 Å². The third kappa shape index (κ3) is 6.43. The Morgan fingerprint density at radius 3 is 2.43 bits per heavy atom. The first-order valence-corrected chi connectivity index (χ1v) is 13.4. The summed E-state index contributed by atoms with van der Waals surface area (Å²) in [6.07, 6.45) is -5.55. The van der Waals surface area contributed by atoms with E-state index < -0.39 is 46.9 Å². The number of halogens is 7. The minimum absolute atomic E-state index is 0.0219. The number of fused-ring (bicyclic) bond motifs is 1. The van der Waals surface area contributed by atoms with Crippen molar-refractivity contribution >= 4 is 12.0 Å². The van der Waals surface area contributed by atoms with Crippen molar-refractivity contribution in [2.75, 3.05) is 6.61 Å². The number of nitrogens with one attached hydrogen (secondary N) is 1. The molecule has 14 heteroatoms. The Morgan fingerprint density at radius 2 is 1.77 bits per heavy atom. The Labute approximate surface area is 246 Å². The molecule has 0 saturated carbocycles. The van der Waals surface area contributed by atoms with Gasteiger partial charge < -0.3 is 14.6 Å². The first-order valence-electron chi connectivity index (χ1n) is 13.4. The molecular formula is C30H24F7N5O2. The van der Waals surface area contributed by atoms with Crippen molar-refractivity contribution in [3.05, 3.63) is 94.8 Å². The van der Waals surface area contributed by atoms with Crippen LogP contribution in [0.3, 0.4) is 0 Å². The highest BCUT2D eigenvalue weighted by atomic mass is 19.4. The highest BCUT2D eigenvalue weighted by Gasteiger charge is 2.39. The Morgan fingerprint density at radius 1 is 1.00 bits per heavy atom. The minimum atomic E-state index is -5.11. The molecule has 0 saturated heterocycles. The number of H-pyrrole nitrogens is 1. The predicted molar refractivity (Wildman–Crippen MR) is 145 cm³/mol. The van der Waals surface area contributed by atoms with Crippen molar-refractivity contribution in [1.29, 1.82) is 0 Å². The van der Waals surface area contributed by atoms with Crippen molar-refractivity contribution in [2.45, 2.75) is 44.7 Å². The number of esters is 1. The molecule has 7 nitrogen and oxygen atoms in total. The minimum Gasteiger partial charge on any atom is -0.464 e. The van der Waals surface area contributed by atoms with Gasteiger partial charge in [-0.15, -0.1) is 0 Å². The van der Waals surface area contributed by atoms with E-state index >= 15 is 0 Å². The van der Waals surface area contributed by atoms with E-state index in [0.717, 1.165) is 12.5 Å². The van der Waals surface area contributed by atoms with Gasteiger partial charge in [-0.25, -0.2) is 14.2 Å². The van der Waals surface area contributed by atoms with Crippen LogP contribution < -0.4 is 0 Å². The molecule has 1 N–H and O–H groups in total. The summed E-state index contributed by atoms with van der Waals surface area (Å²) in [6, 6.07) is 8.53. The van der Waals surface area contributed by atoms with E-state index in [4.69, 9.17) is 4.74 Å². The number of nitrogens with zero attached hydrogens (tertiary/aromatic N) is 4. The van der Waals surface area contributed by atoms with Gasteiger partial charge in [0, 0.05) is 11.8 Å². The third-order valence-electron chi connectivity index (χ3n) is 6.90. The zero-order valence-corrected chi connectivity index (χ0v) is 23.0. The fourth-order valence-corrected chi connectivity index (χ4v) is 4.67. The highest BCUT2D eigenvalue weighted by Crippen LogP contribution is 2.40. The van der Waals surface area contributed by atoms with E-state index in [1.807, 2.05) is 6.92 Å². The molecular weight excluding hydrogens is 595 g/mol. The normalized spacial score (nSPS) is 14.0. The number of carbonyl (C=O) groups excluding carboxylic acids is 1. The molecule has 0 aliphatic carbocycles. The lowest BCUT2D eigenvalue weighted by Gasteiger charge is -2.30. The summed E-state index contributed by atoms with van der Waals surface area (Å²) in [7, 11) is 0. The van der Waals surface area contributed by atoms with E-state index in [0.29, 0.717) is 29.9 Å². The molecule has 4 aromatic rings. The number of ether oxygens (including phenoxy) is 1. The Balaban J connectivity index is 1.47. The van der Waals surface area contributed by atoms with Gasteiger partial charge in [-0.2, -0.15) is 36.5 Å². The molecule has 3 heterocycles. The Bertz CT molecular complexity index is 1680. The molecule has 0 radical (unpaired) electrons. The van der Waals surface area contributed by atoms with Crippen LogP contribution in [0, 0.1) is 5.82 Å². The van der Waals surface area contributed by atoms with E-state index in [9.17, 15) is 35.5 Å². The molecule has 230 valence electrons. The molecule has 0 amide bonds. The maximum absolute atomic E-state index is 14.4. The SMILES string of the molecule is CCCCOC(=O)C(c1ccc(-c2ccc(C(F)(F)F)cc2C(F)(F)F)nn1)N1C=Cc2[nH]c(-c3ccccc3F)nc2C1. The van der Waals surface area contributed by atoms with Gasteiger partial charge in [0.25, 0.3) is 0 Å². The van der Waals surface area contributed by atoms with Crippen molar-refractivity contribution in [1.82, 2.24) is 25.1 Å². The van der Waals surface area contributed by atoms with Crippen molar-refractivity contribution in [3.8, 4) is 22.6 Å². The maximum atomic E-state index is 14.4.